The van der Waals surface area contributed by atoms with Crippen LogP contribution in [0.5, 0.6) is 0 Å². The van der Waals surface area contributed by atoms with Crippen molar-refractivity contribution in [1.29, 1.82) is 0 Å². The molecule has 2 aliphatic rings. The van der Waals surface area contributed by atoms with E-state index in [-0.39, 0.29) is 5.54 Å². The van der Waals surface area contributed by atoms with Crippen LogP contribution in [0, 0.1) is 17.8 Å². The monoisotopic (exact) mass is 209 g/mol. The number of carbonyl (C=O) groups excluding carboxylic acids is 1. The predicted molar refractivity (Wildman–Crippen MR) is 61.7 cm³/mol. The van der Waals surface area contributed by atoms with Gasteiger partial charge < -0.3 is 0 Å². The average molecular weight is 209 g/mol. The van der Waals surface area contributed by atoms with E-state index in [9.17, 15) is 4.79 Å². The van der Waals surface area contributed by atoms with Crippen molar-refractivity contribution in [3.8, 4) is 0 Å². The third-order valence-electron chi connectivity index (χ3n) is 4.27. The van der Waals surface area contributed by atoms with Gasteiger partial charge >= 0.3 is 0 Å². The number of ketones is 1. The first kappa shape index (κ1) is 11.1. The number of fused-ring (bicyclic) bond motifs is 1. The normalized spacial score (nSPS) is 40.3. The second-order valence-corrected chi connectivity index (χ2v) is 6.15. The zero-order chi connectivity index (χ0) is 11.4. The van der Waals surface area contributed by atoms with Gasteiger partial charge in [0.1, 0.15) is 5.78 Å². The fraction of sp³-hybridized carbons (Fsp3) is 0.923. The van der Waals surface area contributed by atoms with Gasteiger partial charge in [0.2, 0.25) is 0 Å². The second-order valence-electron chi connectivity index (χ2n) is 6.15. The minimum absolute atomic E-state index is 0.257. The van der Waals surface area contributed by atoms with E-state index < -0.39 is 0 Å². The molecule has 1 saturated carbocycles. The minimum Gasteiger partial charge on any atom is -0.299 e. The van der Waals surface area contributed by atoms with Crippen molar-refractivity contribution in [3.05, 3.63) is 0 Å². The van der Waals surface area contributed by atoms with Gasteiger partial charge in [0.05, 0.1) is 0 Å². The van der Waals surface area contributed by atoms with Crippen LogP contribution in [0.2, 0.25) is 0 Å². The van der Waals surface area contributed by atoms with Gasteiger partial charge in [-0.25, -0.2) is 0 Å². The van der Waals surface area contributed by atoms with Crippen LogP contribution in [0.25, 0.3) is 0 Å². The lowest BCUT2D eigenvalue weighted by molar-refractivity contribution is -0.121. The lowest BCUT2D eigenvalue weighted by Gasteiger charge is -2.38. The highest BCUT2D eigenvalue weighted by Gasteiger charge is 2.63. The van der Waals surface area contributed by atoms with Crippen molar-refractivity contribution < 1.29 is 4.79 Å². The highest BCUT2D eigenvalue weighted by atomic mass is 16.1. The van der Waals surface area contributed by atoms with Gasteiger partial charge in [0, 0.05) is 30.5 Å². The van der Waals surface area contributed by atoms with Crippen molar-refractivity contribution in [3.63, 3.8) is 0 Å². The molecule has 0 aromatic carbocycles. The molecule has 4 atom stereocenters. The third-order valence-corrected chi connectivity index (χ3v) is 4.27. The van der Waals surface area contributed by atoms with E-state index in [0.29, 0.717) is 29.6 Å². The maximum atomic E-state index is 11.7. The highest BCUT2D eigenvalue weighted by Crippen LogP contribution is 2.57. The lowest BCUT2D eigenvalue weighted by atomic mass is 10.0. The summed E-state index contributed by atoms with van der Waals surface area (Å²) in [5.74, 6) is 2.23. The van der Waals surface area contributed by atoms with Gasteiger partial charge in [-0.1, -0.05) is 6.92 Å². The Morgan fingerprint density at radius 1 is 1.40 bits per heavy atom. The Morgan fingerprint density at radius 2 is 2.00 bits per heavy atom. The Kier molecular flexibility index (Phi) is 2.45. The van der Waals surface area contributed by atoms with Crippen LogP contribution in [-0.4, -0.2) is 28.8 Å². The number of hydrogen-bond acceptors (Lipinski definition) is 2. The van der Waals surface area contributed by atoms with Crippen molar-refractivity contribution in [2.24, 2.45) is 17.8 Å². The van der Waals surface area contributed by atoms with Crippen molar-refractivity contribution in [2.75, 3.05) is 6.54 Å². The first-order valence-corrected chi connectivity index (χ1v) is 6.17. The van der Waals surface area contributed by atoms with Crippen molar-refractivity contribution in [1.82, 2.24) is 4.90 Å². The van der Waals surface area contributed by atoms with Crippen LogP contribution in [0.4, 0.5) is 0 Å². The zero-order valence-corrected chi connectivity index (χ0v) is 10.6. The summed E-state index contributed by atoms with van der Waals surface area (Å²) in [7, 11) is 0. The zero-order valence-electron chi connectivity index (χ0n) is 10.6. The summed E-state index contributed by atoms with van der Waals surface area (Å²) >= 11 is 0. The Morgan fingerprint density at radius 3 is 2.33 bits per heavy atom. The number of rotatable bonds is 2. The summed E-state index contributed by atoms with van der Waals surface area (Å²) in [6.07, 6.45) is 0.722. The van der Waals surface area contributed by atoms with Crippen LogP contribution in [-0.2, 0) is 4.79 Å². The largest absolute Gasteiger partial charge is 0.299 e. The number of nitrogens with zero attached hydrogens (tertiary/aromatic N) is 1. The average Bonchev–Trinajstić information content (AvgIpc) is 2.75. The number of piperidine rings is 1. The smallest absolute Gasteiger partial charge is 0.136 e. The van der Waals surface area contributed by atoms with E-state index in [2.05, 4.69) is 32.6 Å². The molecule has 2 heteroatoms. The number of hydrogen-bond donors (Lipinski definition) is 0. The Bertz CT molecular complexity index is 279. The number of likely N-dealkylation sites (tertiary alicyclic amines) is 1. The fourth-order valence-electron chi connectivity index (χ4n) is 3.47. The summed E-state index contributed by atoms with van der Waals surface area (Å²) in [5.41, 5.74) is 0.257. The molecule has 1 saturated heterocycles. The maximum absolute atomic E-state index is 11.7. The van der Waals surface area contributed by atoms with Crippen LogP contribution in [0.15, 0.2) is 0 Å². The predicted octanol–water partition coefficient (Wildman–Crippen LogP) is 2.33. The quantitative estimate of drug-likeness (QED) is 0.695. The number of Topliss-reactive ketones (excluding diaryl/α,β-unsaturated/α-hetero) is 1. The standard InChI is InChI=1S/C13H23NO/c1-6-10(15)12-9-7-14(13(3,4)5)8(2)11(9)12/h8-9,11-12H,6-7H2,1-5H3/t8-,9-,11+,12-/m1/s1. The van der Waals surface area contributed by atoms with Crippen LogP contribution < -0.4 is 0 Å². The fourth-order valence-corrected chi connectivity index (χ4v) is 3.47. The van der Waals surface area contributed by atoms with Gasteiger partial charge in [-0.2, -0.15) is 0 Å². The molecule has 86 valence electrons. The SMILES string of the molecule is CCC(=O)[C@H]1[C@@H]2CN(C(C)(C)C)[C@H](C)[C@@H]21. The van der Waals surface area contributed by atoms with E-state index in [1.807, 2.05) is 6.92 Å². The Balaban J connectivity index is 2.02. The van der Waals surface area contributed by atoms with Gasteiger partial charge in [0.15, 0.2) is 0 Å². The van der Waals surface area contributed by atoms with Gasteiger partial charge in [-0.3, -0.25) is 9.69 Å². The first-order chi connectivity index (χ1) is 6.88. The van der Waals surface area contributed by atoms with E-state index in [0.717, 1.165) is 13.0 Å². The topological polar surface area (TPSA) is 20.3 Å². The summed E-state index contributed by atoms with van der Waals surface area (Å²) in [4.78, 5) is 14.2. The molecule has 0 aromatic heterocycles. The molecule has 2 rings (SSSR count). The van der Waals surface area contributed by atoms with Gasteiger partial charge in [-0.15, -0.1) is 0 Å². The lowest BCUT2D eigenvalue weighted by Crippen LogP contribution is -2.46. The van der Waals surface area contributed by atoms with E-state index in [1.165, 1.54) is 0 Å². The summed E-state index contributed by atoms with van der Waals surface area (Å²) in [6, 6.07) is 0.593. The molecular weight excluding hydrogens is 186 g/mol. The molecule has 2 fully saturated rings. The van der Waals surface area contributed by atoms with E-state index in [1.54, 1.807) is 0 Å². The molecule has 2 nitrogen and oxygen atoms in total. The molecule has 1 aliphatic carbocycles. The molecule has 0 radical (unpaired) electrons. The third kappa shape index (κ3) is 1.63. The molecule has 0 aromatic rings. The van der Waals surface area contributed by atoms with Crippen LogP contribution >= 0.6 is 0 Å². The minimum atomic E-state index is 0.257. The van der Waals surface area contributed by atoms with E-state index >= 15 is 0 Å². The van der Waals surface area contributed by atoms with Crippen LogP contribution in [0.1, 0.15) is 41.0 Å². The Hall–Kier alpha value is -0.370. The molecule has 0 amide bonds. The molecule has 1 heterocycles. The molecular formula is C13H23NO. The molecule has 0 unspecified atom stereocenters. The molecule has 0 N–H and O–H groups in total. The van der Waals surface area contributed by atoms with Crippen LogP contribution in [0.3, 0.4) is 0 Å². The molecule has 0 bridgehead atoms. The van der Waals surface area contributed by atoms with E-state index in [4.69, 9.17) is 0 Å². The van der Waals surface area contributed by atoms with Crippen molar-refractivity contribution >= 4 is 5.78 Å². The molecule has 1 aliphatic heterocycles. The summed E-state index contributed by atoms with van der Waals surface area (Å²) in [6.45, 7) is 12.2. The van der Waals surface area contributed by atoms with Gasteiger partial charge in [-0.05, 0) is 39.5 Å². The van der Waals surface area contributed by atoms with Crippen molar-refractivity contribution in [2.45, 2.75) is 52.6 Å². The van der Waals surface area contributed by atoms with Gasteiger partial charge in [0.25, 0.3) is 0 Å². The highest BCUT2D eigenvalue weighted by molar-refractivity contribution is 5.84. The molecule has 0 spiro atoms. The second kappa shape index (κ2) is 3.31. The Labute approximate surface area is 93.0 Å². The summed E-state index contributed by atoms with van der Waals surface area (Å²) < 4.78 is 0. The summed E-state index contributed by atoms with van der Waals surface area (Å²) in [5, 5.41) is 0. The maximum Gasteiger partial charge on any atom is 0.136 e. The number of carbonyl (C=O) groups is 1. The molecule has 15 heavy (non-hydrogen) atoms. The first-order valence-electron chi connectivity index (χ1n) is 6.17.